The van der Waals surface area contributed by atoms with Crippen LogP contribution in [-0.4, -0.2) is 30.0 Å². The van der Waals surface area contributed by atoms with Gasteiger partial charge < -0.3 is 14.5 Å². The Labute approximate surface area is 135 Å². The first-order valence-electron chi connectivity index (χ1n) is 6.42. The summed E-state index contributed by atoms with van der Waals surface area (Å²) >= 11 is 5.84. The van der Waals surface area contributed by atoms with Crippen molar-refractivity contribution in [3.63, 3.8) is 0 Å². The quantitative estimate of drug-likeness (QED) is 0.374. The average Bonchev–Trinajstić information content (AvgIpc) is 3.05. The molecule has 1 aromatic carbocycles. The standard InChI is InChI=1S/C14H11ClN2O6/c15-11-8-9(17(20)21)3-4-10(11)13(18)16-5-7-23-14(19)12-2-1-6-22-12/h1-4,6,8H,5,7H2,(H,16,18). The van der Waals surface area contributed by atoms with E-state index < -0.39 is 16.8 Å². The van der Waals surface area contributed by atoms with Gasteiger partial charge in [0.15, 0.2) is 0 Å². The van der Waals surface area contributed by atoms with Crippen LogP contribution in [0.1, 0.15) is 20.9 Å². The van der Waals surface area contributed by atoms with Crippen molar-refractivity contribution in [1.29, 1.82) is 0 Å². The van der Waals surface area contributed by atoms with E-state index in [-0.39, 0.29) is 35.2 Å². The Morgan fingerprint density at radius 1 is 1.35 bits per heavy atom. The van der Waals surface area contributed by atoms with Crippen molar-refractivity contribution in [3.8, 4) is 0 Å². The lowest BCUT2D eigenvalue weighted by Gasteiger charge is -2.07. The molecular formula is C14H11ClN2O6. The van der Waals surface area contributed by atoms with Crippen molar-refractivity contribution in [1.82, 2.24) is 5.32 Å². The maximum atomic E-state index is 11.9. The van der Waals surface area contributed by atoms with Gasteiger partial charge in [0.25, 0.3) is 11.6 Å². The first-order chi connectivity index (χ1) is 11.0. The van der Waals surface area contributed by atoms with Crippen LogP contribution >= 0.6 is 11.6 Å². The third-order valence-electron chi connectivity index (χ3n) is 2.75. The van der Waals surface area contributed by atoms with Gasteiger partial charge in [0.05, 0.1) is 28.3 Å². The van der Waals surface area contributed by atoms with Crippen molar-refractivity contribution in [2.45, 2.75) is 0 Å². The molecule has 0 radical (unpaired) electrons. The minimum absolute atomic E-state index is 0.0377. The van der Waals surface area contributed by atoms with Gasteiger partial charge in [-0.05, 0) is 18.2 Å². The molecule has 120 valence electrons. The van der Waals surface area contributed by atoms with E-state index in [0.717, 1.165) is 6.07 Å². The summed E-state index contributed by atoms with van der Waals surface area (Å²) in [7, 11) is 0. The van der Waals surface area contributed by atoms with Gasteiger partial charge in [-0.25, -0.2) is 4.79 Å². The highest BCUT2D eigenvalue weighted by Gasteiger charge is 2.15. The summed E-state index contributed by atoms with van der Waals surface area (Å²) in [5.41, 5.74) is -0.117. The molecule has 0 saturated carbocycles. The lowest BCUT2D eigenvalue weighted by Crippen LogP contribution is -2.28. The van der Waals surface area contributed by atoms with E-state index >= 15 is 0 Å². The molecule has 0 bridgehead atoms. The van der Waals surface area contributed by atoms with Gasteiger partial charge in [-0.3, -0.25) is 14.9 Å². The summed E-state index contributed by atoms with van der Waals surface area (Å²) in [6, 6.07) is 6.53. The molecule has 1 amide bonds. The van der Waals surface area contributed by atoms with Gasteiger partial charge in [-0.2, -0.15) is 0 Å². The molecule has 0 spiro atoms. The van der Waals surface area contributed by atoms with Crippen molar-refractivity contribution < 1.29 is 23.7 Å². The van der Waals surface area contributed by atoms with Crippen molar-refractivity contribution >= 4 is 29.2 Å². The summed E-state index contributed by atoms with van der Waals surface area (Å²) in [6.45, 7) is -0.00548. The Kier molecular flexibility index (Phi) is 5.32. The molecule has 23 heavy (non-hydrogen) atoms. The highest BCUT2D eigenvalue weighted by Crippen LogP contribution is 2.22. The van der Waals surface area contributed by atoms with E-state index in [1.807, 2.05) is 0 Å². The molecular weight excluding hydrogens is 328 g/mol. The predicted molar refractivity (Wildman–Crippen MR) is 79.4 cm³/mol. The van der Waals surface area contributed by atoms with Crippen LogP contribution in [0, 0.1) is 10.1 Å². The third kappa shape index (κ3) is 4.30. The number of halogens is 1. The number of amides is 1. The van der Waals surface area contributed by atoms with Crippen LogP contribution in [0.4, 0.5) is 5.69 Å². The van der Waals surface area contributed by atoms with Gasteiger partial charge in [0, 0.05) is 12.1 Å². The third-order valence-corrected chi connectivity index (χ3v) is 3.06. The summed E-state index contributed by atoms with van der Waals surface area (Å²) in [4.78, 5) is 33.3. The normalized spacial score (nSPS) is 10.1. The molecule has 1 aromatic heterocycles. The maximum Gasteiger partial charge on any atom is 0.374 e. The fourth-order valence-corrected chi connectivity index (χ4v) is 1.93. The van der Waals surface area contributed by atoms with Crippen LogP contribution in [-0.2, 0) is 4.74 Å². The number of hydrogen-bond donors (Lipinski definition) is 1. The van der Waals surface area contributed by atoms with E-state index in [9.17, 15) is 19.7 Å². The van der Waals surface area contributed by atoms with Gasteiger partial charge in [-0.15, -0.1) is 0 Å². The van der Waals surface area contributed by atoms with Crippen LogP contribution in [0.25, 0.3) is 0 Å². The van der Waals surface area contributed by atoms with Crippen LogP contribution in [0.2, 0.25) is 5.02 Å². The maximum absolute atomic E-state index is 11.9. The van der Waals surface area contributed by atoms with Crippen LogP contribution in [0.3, 0.4) is 0 Å². The molecule has 0 unspecified atom stereocenters. The smallest absolute Gasteiger partial charge is 0.374 e. The largest absolute Gasteiger partial charge is 0.458 e. The Bertz CT molecular complexity index is 729. The molecule has 0 saturated heterocycles. The van der Waals surface area contributed by atoms with E-state index in [2.05, 4.69) is 5.32 Å². The van der Waals surface area contributed by atoms with E-state index in [0.29, 0.717) is 0 Å². The number of carbonyl (C=O) groups excluding carboxylic acids is 2. The van der Waals surface area contributed by atoms with E-state index in [1.54, 1.807) is 6.07 Å². The molecule has 0 fully saturated rings. The molecule has 2 aromatic rings. The monoisotopic (exact) mass is 338 g/mol. The number of esters is 1. The molecule has 0 atom stereocenters. The number of ether oxygens (including phenoxy) is 1. The van der Waals surface area contributed by atoms with Crippen molar-refractivity contribution in [2.24, 2.45) is 0 Å². The number of nitro groups is 1. The van der Waals surface area contributed by atoms with Crippen molar-refractivity contribution in [3.05, 3.63) is 63.1 Å². The zero-order valence-electron chi connectivity index (χ0n) is 11.7. The molecule has 0 aliphatic carbocycles. The van der Waals surface area contributed by atoms with Gasteiger partial charge in [-0.1, -0.05) is 11.6 Å². The number of rotatable bonds is 6. The second-order valence-electron chi connectivity index (χ2n) is 4.29. The summed E-state index contributed by atoms with van der Waals surface area (Å²) in [6.07, 6.45) is 1.34. The Morgan fingerprint density at radius 2 is 2.13 bits per heavy atom. The minimum Gasteiger partial charge on any atom is -0.458 e. The van der Waals surface area contributed by atoms with Gasteiger partial charge >= 0.3 is 5.97 Å². The fraction of sp³-hybridized carbons (Fsp3) is 0.143. The SMILES string of the molecule is O=C(OCCNC(=O)c1ccc([N+](=O)[O-])cc1Cl)c1ccco1. The molecule has 0 aliphatic rings. The Balaban J connectivity index is 1.83. The van der Waals surface area contributed by atoms with E-state index in [1.165, 1.54) is 24.5 Å². The lowest BCUT2D eigenvalue weighted by atomic mass is 10.2. The van der Waals surface area contributed by atoms with Crippen LogP contribution in [0.5, 0.6) is 0 Å². The van der Waals surface area contributed by atoms with Gasteiger partial charge in [0.1, 0.15) is 6.61 Å². The first-order valence-corrected chi connectivity index (χ1v) is 6.79. The van der Waals surface area contributed by atoms with E-state index in [4.69, 9.17) is 20.8 Å². The number of nitrogens with zero attached hydrogens (tertiary/aromatic N) is 1. The summed E-state index contributed by atoms with van der Waals surface area (Å²) in [5, 5.41) is 13.0. The topological polar surface area (TPSA) is 112 Å². The zero-order valence-corrected chi connectivity index (χ0v) is 12.4. The molecule has 1 heterocycles. The number of non-ortho nitro benzene ring substituents is 1. The molecule has 2 rings (SSSR count). The average molecular weight is 339 g/mol. The predicted octanol–water partition coefficient (Wildman–Crippen LogP) is 2.43. The molecule has 0 aliphatic heterocycles. The highest BCUT2D eigenvalue weighted by atomic mass is 35.5. The number of benzene rings is 1. The lowest BCUT2D eigenvalue weighted by molar-refractivity contribution is -0.384. The number of nitrogens with one attached hydrogen (secondary N) is 1. The van der Waals surface area contributed by atoms with Crippen LogP contribution < -0.4 is 5.32 Å². The Hall–Kier alpha value is -2.87. The number of furan rings is 1. The second-order valence-corrected chi connectivity index (χ2v) is 4.70. The second kappa shape index (κ2) is 7.41. The van der Waals surface area contributed by atoms with Gasteiger partial charge in [0.2, 0.25) is 5.76 Å². The molecule has 8 nitrogen and oxygen atoms in total. The summed E-state index contributed by atoms with van der Waals surface area (Å²) < 4.78 is 9.74. The first kappa shape index (κ1) is 16.5. The zero-order chi connectivity index (χ0) is 16.8. The molecule has 9 heteroatoms. The minimum atomic E-state index is -0.641. The number of nitro benzene ring substituents is 1. The number of hydrogen-bond acceptors (Lipinski definition) is 6. The summed E-state index contributed by atoms with van der Waals surface area (Å²) in [5.74, 6) is -1.11. The number of carbonyl (C=O) groups is 2. The Morgan fingerprint density at radius 3 is 2.74 bits per heavy atom. The van der Waals surface area contributed by atoms with Crippen LogP contribution in [0.15, 0.2) is 41.0 Å². The molecule has 1 N–H and O–H groups in total. The van der Waals surface area contributed by atoms with Crippen molar-refractivity contribution in [2.75, 3.05) is 13.2 Å². The highest BCUT2D eigenvalue weighted by molar-refractivity contribution is 6.34. The fourth-order valence-electron chi connectivity index (χ4n) is 1.67.